The summed E-state index contributed by atoms with van der Waals surface area (Å²) in [6.07, 6.45) is 1.49. The third-order valence-electron chi connectivity index (χ3n) is 3.46. The highest BCUT2D eigenvalue weighted by Gasteiger charge is 2.18. The molecular formula is C18H16ClN3O2. The minimum absolute atomic E-state index is 0.281. The van der Waals surface area contributed by atoms with Crippen molar-refractivity contribution in [2.75, 3.05) is 11.9 Å². The number of nitrogens with one attached hydrogen (secondary N) is 1. The summed E-state index contributed by atoms with van der Waals surface area (Å²) < 4.78 is 5.13. The van der Waals surface area contributed by atoms with Crippen LogP contribution in [0.5, 0.6) is 0 Å². The number of pyridine rings is 2. The van der Waals surface area contributed by atoms with Crippen molar-refractivity contribution in [1.29, 1.82) is 0 Å². The Balaban J connectivity index is 2.18. The van der Waals surface area contributed by atoms with E-state index in [0.29, 0.717) is 27.4 Å². The van der Waals surface area contributed by atoms with E-state index in [1.807, 2.05) is 31.2 Å². The number of carbonyl (C=O) groups is 1. The van der Waals surface area contributed by atoms with Crippen molar-refractivity contribution in [3.63, 3.8) is 0 Å². The number of aryl methyl sites for hydroxylation is 1. The normalized spacial score (nSPS) is 10.6. The van der Waals surface area contributed by atoms with Crippen LogP contribution in [0.25, 0.3) is 11.0 Å². The maximum atomic E-state index is 12.3. The number of ether oxygens (including phenoxy) is 1. The van der Waals surface area contributed by atoms with Crippen LogP contribution in [-0.2, 0) is 4.74 Å². The van der Waals surface area contributed by atoms with Crippen molar-refractivity contribution < 1.29 is 9.53 Å². The van der Waals surface area contributed by atoms with Crippen LogP contribution in [0.2, 0.25) is 5.15 Å². The Kier molecular flexibility index (Phi) is 4.62. The number of hydrogen-bond acceptors (Lipinski definition) is 5. The van der Waals surface area contributed by atoms with Gasteiger partial charge < -0.3 is 10.1 Å². The lowest BCUT2D eigenvalue weighted by molar-refractivity contribution is 0.0527. The molecule has 3 rings (SSSR count). The third-order valence-corrected chi connectivity index (χ3v) is 3.67. The highest BCUT2D eigenvalue weighted by atomic mass is 35.5. The molecule has 24 heavy (non-hydrogen) atoms. The molecule has 1 N–H and O–H groups in total. The molecule has 3 aromatic rings. The molecular weight excluding hydrogens is 326 g/mol. The van der Waals surface area contributed by atoms with E-state index in [1.54, 1.807) is 19.1 Å². The topological polar surface area (TPSA) is 64.1 Å². The van der Waals surface area contributed by atoms with Gasteiger partial charge in [-0.1, -0.05) is 23.7 Å². The van der Waals surface area contributed by atoms with E-state index in [4.69, 9.17) is 16.3 Å². The average molecular weight is 342 g/mol. The molecule has 0 aliphatic rings. The van der Waals surface area contributed by atoms with Gasteiger partial charge in [-0.25, -0.2) is 9.78 Å². The zero-order valence-corrected chi connectivity index (χ0v) is 14.1. The zero-order valence-electron chi connectivity index (χ0n) is 13.3. The first-order chi connectivity index (χ1) is 11.6. The van der Waals surface area contributed by atoms with Gasteiger partial charge in [-0.2, -0.15) is 0 Å². The Morgan fingerprint density at radius 2 is 2.12 bits per heavy atom. The van der Waals surface area contributed by atoms with Gasteiger partial charge in [0.25, 0.3) is 0 Å². The quantitative estimate of drug-likeness (QED) is 0.558. The lowest BCUT2D eigenvalue weighted by Crippen LogP contribution is -2.09. The highest BCUT2D eigenvalue weighted by Crippen LogP contribution is 2.29. The first-order valence-electron chi connectivity index (χ1n) is 7.54. The minimum Gasteiger partial charge on any atom is -0.462 e. The number of rotatable bonds is 4. The largest absolute Gasteiger partial charge is 0.462 e. The van der Waals surface area contributed by atoms with Crippen LogP contribution in [0.3, 0.4) is 0 Å². The maximum Gasteiger partial charge on any atom is 0.341 e. The van der Waals surface area contributed by atoms with Crippen LogP contribution in [-0.4, -0.2) is 22.5 Å². The Labute approximate surface area is 144 Å². The fourth-order valence-corrected chi connectivity index (χ4v) is 2.55. The predicted octanol–water partition coefficient (Wildman–Crippen LogP) is 4.51. The number of esters is 1. The summed E-state index contributed by atoms with van der Waals surface area (Å²) in [5, 5.41) is 3.59. The van der Waals surface area contributed by atoms with Crippen molar-refractivity contribution in [1.82, 2.24) is 9.97 Å². The van der Waals surface area contributed by atoms with Crippen LogP contribution >= 0.6 is 11.6 Å². The number of carbonyl (C=O) groups excluding carboxylic acids is 1. The second kappa shape index (κ2) is 6.84. The molecule has 0 bridgehead atoms. The van der Waals surface area contributed by atoms with E-state index in [9.17, 15) is 4.79 Å². The molecule has 0 fully saturated rings. The monoisotopic (exact) mass is 341 g/mol. The lowest BCUT2D eigenvalue weighted by Gasteiger charge is -2.14. The average Bonchev–Trinajstić information content (AvgIpc) is 2.55. The maximum absolute atomic E-state index is 12.3. The number of aromatic nitrogens is 2. The van der Waals surface area contributed by atoms with Gasteiger partial charge in [0, 0.05) is 11.9 Å². The summed E-state index contributed by atoms with van der Waals surface area (Å²) in [6.45, 7) is 4.04. The summed E-state index contributed by atoms with van der Waals surface area (Å²) in [7, 11) is 0. The molecule has 5 nitrogen and oxygen atoms in total. The third kappa shape index (κ3) is 3.31. The Hall–Kier alpha value is -2.66. The molecule has 6 heteroatoms. The van der Waals surface area contributed by atoms with Gasteiger partial charge in [-0.05, 0) is 43.7 Å². The summed E-state index contributed by atoms with van der Waals surface area (Å²) in [5.74, 6) is -0.455. The molecule has 1 aromatic carbocycles. The summed E-state index contributed by atoms with van der Waals surface area (Å²) in [6, 6.07) is 11.3. The van der Waals surface area contributed by atoms with Crippen molar-refractivity contribution in [2.24, 2.45) is 0 Å². The van der Waals surface area contributed by atoms with Gasteiger partial charge in [0.2, 0.25) is 0 Å². The van der Waals surface area contributed by atoms with Crippen molar-refractivity contribution >= 4 is 40.0 Å². The van der Waals surface area contributed by atoms with Gasteiger partial charge in [0.1, 0.15) is 16.2 Å². The molecule has 0 saturated heterocycles. The van der Waals surface area contributed by atoms with E-state index in [1.165, 1.54) is 6.20 Å². The van der Waals surface area contributed by atoms with Crippen molar-refractivity contribution in [3.05, 3.63) is 58.9 Å². The van der Waals surface area contributed by atoms with Gasteiger partial charge in [-0.15, -0.1) is 0 Å². The number of nitrogens with zero attached hydrogens (tertiary/aromatic N) is 2. The smallest absolute Gasteiger partial charge is 0.341 e. The number of benzene rings is 1. The van der Waals surface area contributed by atoms with Crippen LogP contribution in [0.4, 0.5) is 11.4 Å². The molecule has 2 heterocycles. The molecule has 0 saturated carbocycles. The van der Waals surface area contributed by atoms with E-state index in [2.05, 4.69) is 15.3 Å². The zero-order chi connectivity index (χ0) is 17.1. The molecule has 0 radical (unpaired) electrons. The molecule has 0 aliphatic heterocycles. The van der Waals surface area contributed by atoms with E-state index < -0.39 is 5.97 Å². The van der Waals surface area contributed by atoms with Crippen LogP contribution in [0.1, 0.15) is 22.8 Å². The van der Waals surface area contributed by atoms with Crippen LogP contribution in [0, 0.1) is 6.92 Å². The Morgan fingerprint density at radius 3 is 2.88 bits per heavy atom. The van der Waals surface area contributed by atoms with E-state index >= 15 is 0 Å². The molecule has 0 atom stereocenters. The van der Waals surface area contributed by atoms with E-state index in [0.717, 1.165) is 11.3 Å². The molecule has 2 aromatic heterocycles. The Morgan fingerprint density at radius 1 is 1.29 bits per heavy atom. The molecule has 0 spiro atoms. The SMILES string of the molecule is CCOC(=O)c1cnc2ccc(Cl)nc2c1Nc1cccc(C)c1. The molecule has 0 aliphatic carbocycles. The van der Waals surface area contributed by atoms with E-state index in [-0.39, 0.29) is 6.61 Å². The number of hydrogen-bond donors (Lipinski definition) is 1. The molecule has 0 unspecified atom stereocenters. The minimum atomic E-state index is -0.455. The predicted molar refractivity (Wildman–Crippen MR) is 95.0 cm³/mol. The second-order valence-electron chi connectivity index (χ2n) is 5.26. The fraction of sp³-hybridized carbons (Fsp3) is 0.167. The van der Waals surface area contributed by atoms with Crippen LogP contribution < -0.4 is 5.32 Å². The van der Waals surface area contributed by atoms with Gasteiger partial charge >= 0.3 is 5.97 Å². The highest BCUT2D eigenvalue weighted by molar-refractivity contribution is 6.30. The number of anilines is 2. The first kappa shape index (κ1) is 16.2. The summed E-state index contributed by atoms with van der Waals surface area (Å²) in [4.78, 5) is 20.9. The van der Waals surface area contributed by atoms with Gasteiger partial charge in [-0.3, -0.25) is 4.98 Å². The first-order valence-corrected chi connectivity index (χ1v) is 7.92. The van der Waals surface area contributed by atoms with Crippen molar-refractivity contribution in [3.8, 4) is 0 Å². The van der Waals surface area contributed by atoms with Crippen LogP contribution in [0.15, 0.2) is 42.6 Å². The van der Waals surface area contributed by atoms with Gasteiger partial charge in [0.15, 0.2) is 0 Å². The Bertz CT molecular complexity index is 912. The fourth-order valence-electron chi connectivity index (χ4n) is 2.40. The lowest BCUT2D eigenvalue weighted by atomic mass is 10.1. The van der Waals surface area contributed by atoms with Crippen molar-refractivity contribution in [2.45, 2.75) is 13.8 Å². The number of halogens is 1. The second-order valence-corrected chi connectivity index (χ2v) is 5.65. The summed E-state index contributed by atoms with van der Waals surface area (Å²) in [5.41, 5.74) is 3.96. The summed E-state index contributed by atoms with van der Waals surface area (Å²) >= 11 is 6.03. The standard InChI is InChI=1S/C18H16ClN3O2/c1-3-24-18(23)13-10-20-14-7-8-15(19)22-17(14)16(13)21-12-6-4-5-11(2)9-12/h4-10H,3H2,1-2H3,(H,20,21). The molecule has 122 valence electrons. The van der Waals surface area contributed by atoms with Gasteiger partial charge in [0.05, 0.1) is 17.8 Å². The number of fused-ring (bicyclic) bond motifs is 1. The molecule has 0 amide bonds.